The fourth-order valence-electron chi connectivity index (χ4n) is 3.51. The van der Waals surface area contributed by atoms with Crippen LogP contribution in [0.4, 0.5) is 11.4 Å². The smallest absolute Gasteiger partial charge is 0.251 e. The highest BCUT2D eigenvalue weighted by Crippen LogP contribution is 2.28. The molecule has 0 bridgehead atoms. The first-order valence-electron chi connectivity index (χ1n) is 10.1. The van der Waals surface area contributed by atoms with Crippen LogP contribution in [0.25, 0.3) is 0 Å². The second-order valence-corrected chi connectivity index (χ2v) is 10.8. The predicted octanol–water partition coefficient (Wildman–Crippen LogP) is 3.33. The number of sulfone groups is 1. The van der Waals surface area contributed by atoms with Gasteiger partial charge in [0.1, 0.15) is 6.04 Å². The maximum Gasteiger partial charge on any atom is 0.251 e. The Hall–Kier alpha value is -3.17. The van der Waals surface area contributed by atoms with Gasteiger partial charge in [-0.05, 0) is 47.7 Å². The number of hydrogen-bond acceptors (Lipinski definition) is 6. The van der Waals surface area contributed by atoms with Crippen LogP contribution in [0.2, 0.25) is 0 Å². The molecule has 0 saturated carbocycles. The molecule has 0 fully saturated rings. The predicted molar refractivity (Wildman–Crippen MR) is 127 cm³/mol. The number of aryl methyl sites for hydroxylation is 1. The summed E-state index contributed by atoms with van der Waals surface area (Å²) in [6.45, 7) is 2.29. The maximum absolute atomic E-state index is 12.7. The molecule has 2 heterocycles. The molecule has 0 unspecified atom stereocenters. The third-order valence-electron chi connectivity index (χ3n) is 5.25. The zero-order chi connectivity index (χ0) is 22.7. The lowest BCUT2D eigenvalue weighted by Gasteiger charge is -2.27. The summed E-state index contributed by atoms with van der Waals surface area (Å²) >= 11 is 1.56. The van der Waals surface area contributed by atoms with Crippen molar-refractivity contribution in [2.75, 3.05) is 16.4 Å². The highest BCUT2D eigenvalue weighted by molar-refractivity contribution is 7.90. The molecule has 0 spiro atoms. The van der Waals surface area contributed by atoms with Crippen molar-refractivity contribution in [3.8, 4) is 0 Å². The second kappa shape index (κ2) is 9.13. The van der Waals surface area contributed by atoms with Crippen molar-refractivity contribution in [3.63, 3.8) is 0 Å². The van der Waals surface area contributed by atoms with Gasteiger partial charge in [0.25, 0.3) is 5.91 Å². The molecule has 1 atom stereocenters. The normalized spacial score (nSPS) is 15.4. The number of amides is 2. The Kier molecular flexibility index (Phi) is 6.29. The highest BCUT2D eigenvalue weighted by Gasteiger charge is 2.30. The molecule has 166 valence electrons. The van der Waals surface area contributed by atoms with Crippen molar-refractivity contribution in [1.29, 1.82) is 0 Å². The van der Waals surface area contributed by atoms with E-state index in [9.17, 15) is 18.0 Å². The number of hydrogen-bond donors (Lipinski definition) is 3. The van der Waals surface area contributed by atoms with Gasteiger partial charge < -0.3 is 16.0 Å². The van der Waals surface area contributed by atoms with E-state index in [2.05, 4.69) is 16.0 Å². The van der Waals surface area contributed by atoms with E-state index in [1.54, 1.807) is 41.7 Å². The van der Waals surface area contributed by atoms with Crippen molar-refractivity contribution < 1.29 is 18.0 Å². The van der Waals surface area contributed by atoms with Crippen LogP contribution in [-0.4, -0.2) is 32.0 Å². The lowest BCUT2D eigenvalue weighted by atomic mass is 10.1. The average Bonchev–Trinajstić information content (AvgIpc) is 3.27. The standard InChI is InChI=1S/C23H23N3O4S2/c1-15-5-2-3-6-17(15)13-32(29,30)14-21-23(28)26-20-11-16(8-9-19(20)25-21)22(27)24-12-18-7-4-10-31-18/h2-11,21,25H,12-14H2,1H3,(H,24,27)(H,26,28)/t21-/m0/s1. The number of anilines is 2. The van der Waals surface area contributed by atoms with Crippen LogP contribution in [0.1, 0.15) is 26.4 Å². The van der Waals surface area contributed by atoms with Crippen LogP contribution >= 0.6 is 11.3 Å². The average molecular weight is 470 g/mol. The van der Waals surface area contributed by atoms with E-state index in [0.717, 1.165) is 16.0 Å². The molecule has 0 saturated heterocycles. The van der Waals surface area contributed by atoms with E-state index >= 15 is 0 Å². The summed E-state index contributed by atoms with van der Waals surface area (Å²) in [5.74, 6) is -1.14. The highest BCUT2D eigenvalue weighted by atomic mass is 32.2. The Labute approximate surface area is 190 Å². The first kappa shape index (κ1) is 22.0. The van der Waals surface area contributed by atoms with Crippen molar-refractivity contribution in [2.24, 2.45) is 0 Å². The Morgan fingerprint density at radius 3 is 2.66 bits per heavy atom. The molecule has 3 N–H and O–H groups in total. The van der Waals surface area contributed by atoms with Crippen LogP contribution in [0, 0.1) is 6.92 Å². The van der Waals surface area contributed by atoms with Crippen molar-refractivity contribution in [2.45, 2.75) is 25.3 Å². The molecule has 7 nitrogen and oxygen atoms in total. The van der Waals surface area contributed by atoms with E-state index in [1.807, 2.05) is 36.6 Å². The van der Waals surface area contributed by atoms with Crippen LogP contribution in [0.3, 0.4) is 0 Å². The molecule has 2 amide bonds. The minimum absolute atomic E-state index is 0.124. The van der Waals surface area contributed by atoms with Gasteiger partial charge in [0.2, 0.25) is 5.91 Å². The number of rotatable bonds is 7. The molecule has 0 aliphatic carbocycles. The number of nitrogens with one attached hydrogen (secondary N) is 3. The van der Waals surface area contributed by atoms with E-state index in [1.165, 1.54) is 0 Å². The van der Waals surface area contributed by atoms with E-state index in [4.69, 9.17) is 0 Å². The Morgan fingerprint density at radius 1 is 1.09 bits per heavy atom. The summed E-state index contributed by atoms with van der Waals surface area (Å²) in [7, 11) is -3.53. The molecule has 4 rings (SSSR count). The fraction of sp³-hybridized carbons (Fsp3) is 0.217. The molecule has 3 aromatic rings. The number of carbonyl (C=O) groups excluding carboxylic acids is 2. The molecule has 0 radical (unpaired) electrons. The summed E-state index contributed by atoms with van der Waals surface area (Å²) < 4.78 is 25.4. The Bertz CT molecular complexity index is 1250. The lowest BCUT2D eigenvalue weighted by molar-refractivity contribution is -0.116. The van der Waals surface area contributed by atoms with Crippen LogP contribution in [0.15, 0.2) is 60.0 Å². The van der Waals surface area contributed by atoms with Crippen molar-refractivity contribution in [1.82, 2.24) is 5.32 Å². The second-order valence-electron chi connectivity index (χ2n) is 7.69. The van der Waals surface area contributed by atoms with Crippen molar-refractivity contribution >= 4 is 44.4 Å². The molecule has 32 heavy (non-hydrogen) atoms. The Morgan fingerprint density at radius 2 is 1.91 bits per heavy atom. The van der Waals surface area contributed by atoms with Gasteiger partial charge in [-0.15, -0.1) is 11.3 Å². The quantitative estimate of drug-likeness (QED) is 0.492. The third kappa shape index (κ3) is 5.17. The molecule has 9 heteroatoms. The zero-order valence-corrected chi connectivity index (χ0v) is 19.1. The van der Waals surface area contributed by atoms with E-state index in [-0.39, 0.29) is 17.4 Å². The fourth-order valence-corrected chi connectivity index (χ4v) is 5.81. The molecule has 2 aromatic carbocycles. The SMILES string of the molecule is Cc1ccccc1CS(=O)(=O)C[C@@H]1Nc2ccc(C(=O)NCc3cccs3)cc2NC1=O. The molecule has 1 aliphatic rings. The van der Waals surface area contributed by atoms with Gasteiger partial charge in [0.15, 0.2) is 9.84 Å². The van der Waals surface area contributed by atoms with Gasteiger partial charge in [-0.3, -0.25) is 9.59 Å². The number of carbonyl (C=O) groups is 2. The van der Waals surface area contributed by atoms with Crippen LogP contribution in [-0.2, 0) is 26.9 Å². The zero-order valence-electron chi connectivity index (χ0n) is 17.4. The first-order valence-corrected chi connectivity index (χ1v) is 12.8. The van der Waals surface area contributed by atoms with Gasteiger partial charge in [-0.1, -0.05) is 30.3 Å². The van der Waals surface area contributed by atoms with Gasteiger partial charge >= 0.3 is 0 Å². The summed E-state index contributed by atoms with van der Waals surface area (Å²) in [5, 5.41) is 10.5. The summed E-state index contributed by atoms with van der Waals surface area (Å²) in [6, 6.07) is 15.2. The van der Waals surface area contributed by atoms with Crippen LogP contribution < -0.4 is 16.0 Å². The molecule has 1 aromatic heterocycles. The van der Waals surface area contributed by atoms with E-state index < -0.39 is 21.8 Å². The number of fused-ring (bicyclic) bond motifs is 1. The van der Waals surface area contributed by atoms with Gasteiger partial charge in [-0.2, -0.15) is 0 Å². The largest absolute Gasteiger partial charge is 0.371 e. The van der Waals surface area contributed by atoms with Crippen LogP contribution in [0.5, 0.6) is 0 Å². The molecular formula is C23H23N3O4S2. The minimum atomic E-state index is -3.53. The summed E-state index contributed by atoms with van der Waals surface area (Å²) in [4.78, 5) is 26.1. The number of benzene rings is 2. The van der Waals surface area contributed by atoms with E-state index in [0.29, 0.717) is 23.5 Å². The summed E-state index contributed by atoms with van der Waals surface area (Å²) in [6.07, 6.45) is 0. The van der Waals surface area contributed by atoms with Gasteiger partial charge in [0, 0.05) is 10.4 Å². The molecular weight excluding hydrogens is 446 g/mol. The topological polar surface area (TPSA) is 104 Å². The first-order chi connectivity index (χ1) is 15.3. The third-order valence-corrected chi connectivity index (χ3v) is 7.71. The van der Waals surface area contributed by atoms with Crippen molar-refractivity contribution in [3.05, 3.63) is 81.5 Å². The maximum atomic E-state index is 12.7. The number of thiophene rings is 1. The Balaban J connectivity index is 1.42. The summed E-state index contributed by atoms with van der Waals surface area (Å²) in [5.41, 5.74) is 3.06. The van der Waals surface area contributed by atoms with Gasteiger partial charge in [-0.25, -0.2) is 8.42 Å². The minimum Gasteiger partial charge on any atom is -0.371 e. The molecule has 1 aliphatic heterocycles. The lowest BCUT2D eigenvalue weighted by Crippen LogP contribution is -2.43. The monoisotopic (exact) mass is 469 g/mol. The van der Waals surface area contributed by atoms with Gasteiger partial charge in [0.05, 0.1) is 29.4 Å².